The summed E-state index contributed by atoms with van der Waals surface area (Å²) in [4.78, 5) is 12.1. The summed E-state index contributed by atoms with van der Waals surface area (Å²) >= 11 is 0. The van der Waals surface area contributed by atoms with E-state index in [-0.39, 0.29) is 5.91 Å². The molecule has 6 heteroatoms. The number of hydrogen-bond acceptors (Lipinski definition) is 5. The van der Waals surface area contributed by atoms with Crippen molar-refractivity contribution in [2.45, 2.75) is 58.8 Å². The zero-order valence-electron chi connectivity index (χ0n) is 18.7. The molecule has 0 heterocycles. The van der Waals surface area contributed by atoms with E-state index in [2.05, 4.69) is 17.5 Å². The number of nitrogens with two attached hydrogens (primary N) is 1. The van der Waals surface area contributed by atoms with E-state index < -0.39 is 0 Å². The molecular weight excluding hydrogens is 390 g/mol. The number of amides is 1. The van der Waals surface area contributed by atoms with Gasteiger partial charge in [0.25, 0.3) is 5.91 Å². The molecule has 0 unspecified atom stereocenters. The number of nitrogens with zero attached hydrogens (tertiary/aromatic N) is 1. The fourth-order valence-electron chi connectivity index (χ4n) is 3.14. The van der Waals surface area contributed by atoms with Gasteiger partial charge in [-0.15, -0.1) is 0 Å². The van der Waals surface area contributed by atoms with Gasteiger partial charge in [0.15, 0.2) is 11.5 Å². The van der Waals surface area contributed by atoms with E-state index in [1.165, 1.54) is 38.5 Å². The van der Waals surface area contributed by atoms with Crippen LogP contribution in [-0.4, -0.2) is 25.3 Å². The molecule has 0 aliphatic heterocycles. The number of hydrazone groups is 1. The molecule has 31 heavy (non-hydrogen) atoms. The van der Waals surface area contributed by atoms with Crippen molar-refractivity contribution in [2.24, 2.45) is 5.10 Å². The average Bonchev–Trinajstić information content (AvgIpc) is 2.77. The van der Waals surface area contributed by atoms with Crippen LogP contribution in [0.25, 0.3) is 0 Å². The predicted octanol–water partition coefficient (Wildman–Crippen LogP) is 5.56. The van der Waals surface area contributed by atoms with Crippen molar-refractivity contribution < 1.29 is 14.3 Å². The molecule has 0 saturated heterocycles. The van der Waals surface area contributed by atoms with Gasteiger partial charge in [0.1, 0.15) is 0 Å². The van der Waals surface area contributed by atoms with Crippen molar-refractivity contribution in [3.05, 3.63) is 53.6 Å². The van der Waals surface area contributed by atoms with Gasteiger partial charge in [-0.3, -0.25) is 4.79 Å². The number of anilines is 1. The van der Waals surface area contributed by atoms with Gasteiger partial charge in [0.05, 0.1) is 19.4 Å². The summed E-state index contributed by atoms with van der Waals surface area (Å²) < 4.78 is 11.7. The highest BCUT2D eigenvalue weighted by molar-refractivity contribution is 5.95. The third-order valence-electron chi connectivity index (χ3n) is 4.80. The Hall–Kier alpha value is -3.02. The minimum absolute atomic E-state index is 0.316. The van der Waals surface area contributed by atoms with Gasteiger partial charge in [-0.25, -0.2) is 5.43 Å². The number of carbonyl (C=O) groups is 1. The fraction of sp³-hybridized carbons (Fsp3) is 0.440. The molecule has 2 aromatic carbocycles. The summed E-state index contributed by atoms with van der Waals surface area (Å²) in [6.45, 7) is 5.39. The Morgan fingerprint density at radius 3 is 2.48 bits per heavy atom. The number of hydrogen-bond donors (Lipinski definition) is 2. The van der Waals surface area contributed by atoms with Crippen molar-refractivity contribution >= 4 is 17.8 Å². The number of benzene rings is 2. The third kappa shape index (κ3) is 9.11. The molecule has 0 spiro atoms. The number of nitrogen functional groups attached to an aromatic ring is 1. The molecule has 0 aliphatic carbocycles. The van der Waals surface area contributed by atoms with Crippen LogP contribution in [0.1, 0.15) is 74.7 Å². The molecule has 2 rings (SSSR count). The summed E-state index contributed by atoms with van der Waals surface area (Å²) in [5, 5.41) is 4.03. The standard InChI is InChI=1S/C25H35N3O3/c1-3-5-6-7-8-9-10-16-31-23-15-14-20(17-24(23)30-4-2)19-27-28-25(29)21-12-11-13-22(26)18-21/h11-15,17-19H,3-10,16,26H2,1-2H3,(H,28,29)/b27-19-. The monoisotopic (exact) mass is 425 g/mol. The van der Waals surface area contributed by atoms with Crippen LogP contribution in [0.15, 0.2) is 47.6 Å². The first-order valence-corrected chi connectivity index (χ1v) is 11.2. The lowest BCUT2D eigenvalue weighted by molar-refractivity contribution is 0.0955. The second kappa shape index (κ2) is 14.1. The van der Waals surface area contributed by atoms with Crippen molar-refractivity contribution in [1.29, 1.82) is 0 Å². The number of unbranched alkanes of at least 4 members (excludes halogenated alkanes) is 6. The van der Waals surface area contributed by atoms with Crippen LogP contribution in [0.4, 0.5) is 5.69 Å². The quantitative estimate of drug-likeness (QED) is 0.180. The molecule has 2 aromatic rings. The average molecular weight is 426 g/mol. The van der Waals surface area contributed by atoms with E-state index in [1.54, 1.807) is 30.5 Å². The molecule has 0 radical (unpaired) electrons. The number of carbonyl (C=O) groups excluding carboxylic acids is 1. The van der Waals surface area contributed by atoms with Crippen molar-refractivity contribution in [3.8, 4) is 11.5 Å². The third-order valence-corrected chi connectivity index (χ3v) is 4.80. The molecule has 0 fully saturated rings. The highest BCUT2D eigenvalue weighted by Gasteiger charge is 2.07. The molecule has 0 aliphatic rings. The van der Waals surface area contributed by atoms with Gasteiger partial charge in [-0.1, -0.05) is 51.5 Å². The zero-order valence-corrected chi connectivity index (χ0v) is 18.7. The Balaban J connectivity index is 1.84. The molecule has 6 nitrogen and oxygen atoms in total. The molecular formula is C25H35N3O3. The predicted molar refractivity (Wildman–Crippen MR) is 127 cm³/mol. The van der Waals surface area contributed by atoms with Gasteiger partial charge < -0.3 is 15.2 Å². The van der Waals surface area contributed by atoms with Gasteiger partial charge in [-0.05, 0) is 55.3 Å². The second-order valence-corrected chi connectivity index (χ2v) is 7.43. The first-order valence-electron chi connectivity index (χ1n) is 11.2. The summed E-state index contributed by atoms with van der Waals surface area (Å²) in [6.07, 6.45) is 10.3. The molecule has 1 amide bonds. The van der Waals surface area contributed by atoms with Gasteiger partial charge in [-0.2, -0.15) is 5.10 Å². The maximum atomic E-state index is 12.1. The van der Waals surface area contributed by atoms with Crippen molar-refractivity contribution in [3.63, 3.8) is 0 Å². The second-order valence-electron chi connectivity index (χ2n) is 7.43. The highest BCUT2D eigenvalue weighted by Crippen LogP contribution is 2.28. The summed E-state index contributed by atoms with van der Waals surface area (Å²) in [5.41, 5.74) is 10.0. The Kier molecular flexibility index (Phi) is 11.0. The fourth-order valence-corrected chi connectivity index (χ4v) is 3.14. The summed E-state index contributed by atoms with van der Waals surface area (Å²) in [7, 11) is 0. The molecule has 3 N–H and O–H groups in total. The number of ether oxygens (including phenoxy) is 2. The maximum absolute atomic E-state index is 12.1. The normalized spacial score (nSPS) is 10.9. The van der Waals surface area contributed by atoms with E-state index >= 15 is 0 Å². The lowest BCUT2D eigenvalue weighted by Crippen LogP contribution is -2.17. The van der Waals surface area contributed by atoms with Gasteiger partial charge >= 0.3 is 0 Å². The zero-order chi connectivity index (χ0) is 22.3. The first kappa shape index (κ1) is 24.3. The van der Waals surface area contributed by atoms with Gasteiger partial charge in [0, 0.05) is 11.3 Å². The van der Waals surface area contributed by atoms with Crippen LogP contribution >= 0.6 is 0 Å². The molecule has 0 saturated carbocycles. The van der Waals surface area contributed by atoms with Crippen molar-refractivity contribution in [1.82, 2.24) is 5.43 Å². The van der Waals surface area contributed by atoms with E-state index in [4.69, 9.17) is 15.2 Å². The Morgan fingerprint density at radius 2 is 1.74 bits per heavy atom. The summed E-state index contributed by atoms with van der Waals surface area (Å²) in [6, 6.07) is 12.4. The molecule has 0 aromatic heterocycles. The molecule has 0 bridgehead atoms. The van der Waals surface area contributed by atoms with Crippen LogP contribution in [0.2, 0.25) is 0 Å². The first-order chi connectivity index (χ1) is 15.1. The van der Waals surface area contributed by atoms with E-state index in [9.17, 15) is 4.79 Å². The van der Waals surface area contributed by atoms with Crippen molar-refractivity contribution in [2.75, 3.05) is 18.9 Å². The molecule has 168 valence electrons. The lowest BCUT2D eigenvalue weighted by Gasteiger charge is -2.12. The minimum Gasteiger partial charge on any atom is -0.490 e. The maximum Gasteiger partial charge on any atom is 0.271 e. The molecule has 0 atom stereocenters. The Bertz CT molecular complexity index is 837. The van der Waals surface area contributed by atoms with Gasteiger partial charge in [0.2, 0.25) is 0 Å². The van der Waals surface area contributed by atoms with E-state index in [1.807, 2.05) is 25.1 Å². The number of rotatable bonds is 14. The van der Waals surface area contributed by atoms with E-state index in [0.29, 0.717) is 30.2 Å². The highest BCUT2D eigenvalue weighted by atomic mass is 16.5. The number of nitrogens with one attached hydrogen (secondary N) is 1. The van der Waals surface area contributed by atoms with Crippen LogP contribution in [0, 0.1) is 0 Å². The Labute approximate surface area is 185 Å². The SMILES string of the molecule is CCCCCCCCCOc1ccc(/C=N\NC(=O)c2cccc(N)c2)cc1OCC. The largest absolute Gasteiger partial charge is 0.490 e. The lowest BCUT2D eigenvalue weighted by atomic mass is 10.1. The topological polar surface area (TPSA) is 85.9 Å². The van der Waals surface area contributed by atoms with Crippen LogP contribution < -0.4 is 20.6 Å². The van der Waals surface area contributed by atoms with Crippen LogP contribution in [-0.2, 0) is 0 Å². The summed E-state index contributed by atoms with van der Waals surface area (Å²) in [5.74, 6) is 1.09. The Morgan fingerprint density at radius 1 is 0.968 bits per heavy atom. The van der Waals surface area contributed by atoms with E-state index in [0.717, 1.165) is 17.7 Å². The van der Waals surface area contributed by atoms with Crippen LogP contribution in [0.5, 0.6) is 11.5 Å². The smallest absolute Gasteiger partial charge is 0.271 e. The van der Waals surface area contributed by atoms with Crippen LogP contribution in [0.3, 0.4) is 0 Å². The minimum atomic E-state index is -0.316.